The van der Waals surface area contributed by atoms with Gasteiger partial charge in [-0.3, -0.25) is 0 Å². The van der Waals surface area contributed by atoms with E-state index in [2.05, 4.69) is 34.4 Å². The quantitative estimate of drug-likeness (QED) is 0.505. The summed E-state index contributed by atoms with van der Waals surface area (Å²) in [6.45, 7) is 2.00. The molecule has 2 rings (SSSR count). The van der Waals surface area contributed by atoms with Crippen molar-refractivity contribution < 1.29 is 14.6 Å². The fraction of sp³-hybridized carbons (Fsp3) is 0.214. The Balaban J connectivity index is 2.64. The molecule has 1 aliphatic rings. The minimum atomic E-state index is -1.01. The number of carboxylic acids is 1. The van der Waals surface area contributed by atoms with Gasteiger partial charge in [0.2, 0.25) is 0 Å². The molecule has 1 atom stereocenters. The first-order valence-electron chi connectivity index (χ1n) is 5.29. The number of hydrogen-bond donors (Lipinski definition) is 1. The monoisotopic (exact) mass is 354 g/mol. The van der Waals surface area contributed by atoms with Crippen LogP contribution in [-0.2, 0) is 0 Å². The number of ether oxygens (including phenoxy) is 1. The highest BCUT2D eigenvalue weighted by molar-refractivity contribution is 14.1. The molecule has 0 amide bonds. The molecule has 1 aromatic carbocycles. The number of carboxylic acid groups (broad SMARTS) is 1. The number of methoxy groups -OCH3 is 1. The van der Waals surface area contributed by atoms with Crippen LogP contribution in [0, 0.1) is 11.8 Å². The number of hydrogen-bond acceptors (Lipinski definition) is 2. The maximum Gasteiger partial charge on any atom is 0.339 e. The topological polar surface area (TPSA) is 46.5 Å². The number of rotatable bonds is 2. The van der Waals surface area contributed by atoms with E-state index in [0.29, 0.717) is 11.3 Å². The summed E-state index contributed by atoms with van der Waals surface area (Å²) in [6.07, 6.45) is 3.93. The zero-order chi connectivity index (χ0) is 13.3. The number of halogens is 1. The van der Waals surface area contributed by atoms with Crippen LogP contribution in [0.25, 0.3) is 6.08 Å². The first-order chi connectivity index (χ1) is 8.43. The maximum absolute atomic E-state index is 11.1. The summed E-state index contributed by atoms with van der Waals surface area (Å²) < 4.78 is 4.86. The smallest absolute Gasteiger partial charge is 0.339 e. The molecule has 1 aliphatic carbocycles. The van der Waals surface area contributed by atoms with E-state index in [-0.39, 0.29) is 8.99 Å². The van der Waals surface area contributed by atoms with Gasteiger partial charge in [0.15, 0.2) is 0 Å². The minimum Gasteiger partial charge on any atom is -0.496 e. The summed E-state index contributed by atoms with van der Waals surface area (Å²) in [7, 11) is 1.46. The molecule has 0 saturated carbocycles. The van der Waals surface area contributed by atoms with Crippen molar-refractivity contribution in [3.8, 4) is 17.6 Å². The van der Waals surface area contributed by atoms with Gasteiger partial charge in [-0.05, 0) is 24.6 Å². The third-order valence-electron chi connectivity index (χ3n) is 2.62. The maximum atomic E-state index is 11.1. The van der Waals surface area contributed by atoms with Gasteiger partial charge in [-0.15, -0.1) is 0 Å². The normalized spacial score (nSPS) is 20.4. The Morgan fingerprint density at radius 3 is 2.83 bits per heavy atom. The van der Waals surface area contributed by atoms with Crippen LogP contribution in [0.3, 0.4) is 0 Å². The second kappa shape index (κ2) is 4.65. The summed E-state index contributed by atoms with van der Waals surface area (Å²) >= 11 is 2.25. The molecule has 0 radical (unpaired) electrons. The second-order valence-corrected chi connectivity index (χ2v) is 6.34. The van der Waals surface area contributed by atoms with Crippen LogP contribution < -0.4 is 4.74 Å². The summed E-state index contributed by atoms with van der Waals surface area (Å²) in [5.74, 6) is 5.46. The van der Waals surface area contributed by atoms with E-state index in [9.17, 15) is 4.79 Å². The van der Waals surface area contributed by atoms with Gasteiger partial charge in [0.25, 0.3) is 0 Å². The summed E-state index contributed by atoms with van der Waals surface area (Å²) in [5, 5.41) is 9.12. The van der Waals surface area contributed by atoms with Crippen molar-refractivity contribution in [2.75, 3.05) is 7.11 Å². The second-order valence-electron chi connectivity index (χ2n) is 4.10. The lowest BCUT2D eigenvalue weighted by Crippen LogP contribution is -2.05. The highest BCUT2D eigenvalue weighted by Gasteiger charge is 2.18. The molecule has 0 saturated heterocycles. The van der Waals surface area contributed by atoms with Gasteiger partial charge >= 0.3 is 5.97 Å². The standard InChI is InChI=1S/C14H11IO3/c1-14(15)5-3-9-7-11(13(16)17)12(18-2)8-10(9)4-6-14/h4,6-8H,1-2H3,(H,16,17). The molecule has 0 bridgehead atoms. The summed E-state index contributed by atoms with van der Waals surface area (Å²) in [6, 6.07) is 3.27. The number of benzene rings is 1. The van der Waals surface area contributed by atoms with E-state index < -0.39 is 5.97 Å². The Hall–Kier alpha value is -1.48. The molecule has 0 aliphatic heterocycles. The molecule has 18 heavy (non-hydrogen) atoms. The van der Waals surface area contributed by atoms with E-state index in [1.54, 1.807) is 12.1 Å². The number of allylic oxidation sites excluding steroid dienone is 1. The number of aromatic carboxylic acids is 1. The van der Waals surface area contributed by atoms with E-state index in [0.717, 1.165) is 5.56 Å². The van der Waals surface area contributed by atoms with Crippen molar-refractivity contribution >= 4 is 34.6 Å². The predicted octanol–water partition coefficient (Wildman–Crippen LogP) is 2.97. The molecule has 0 heterocycles. The van der Waals surface area contributed by atoms with Crippen molar-refractivity contribution in [1.29, 1.82) is 0 Å². The van der Waals surface area contributed by atoms with Crippen molar-refractivity contribution in [3.05, 3.63) is 34.9 Å². The van der Waals surface area contributed by atoms with Gasteiger partial charge < -0.3 is 9.84 Å². The zero-order valence-electron chi connectivity index (χ0n) is 9.95. The Morgan fingerprint density at radius 2 is 2.22 bits per heavy atom. The van der Waals surface area contributed by atoms with E-state index in [4.69, 9.17) is 9.84 Å². The van der Waals surface area contributed by atoms with Crippen LogP contribution in [0.1, 0.15) is 28.4 Å². The molecule has 92 valence electrons. The summed E-state index contributed by atoms with van der Waals surface area (Å²) in [4.78, 5) is 11.1. The predicted molar refractivity (Wildman–Crippen MR) is 78.3 cm³/mol. The fourth-order valence-corrected chi connectivity index (χ4v) is 1.97. The van der Waals surface area contributed by atoms with Crippen molar-refractivity contribution in [2.24, 2.45) is 0 Å². The van der Waals surface area contributed by atoms with E-state index in [1.807, 2.05) is 19.1 Å². The molecule has 0 spiro atoms. The molecule has 3 nitrogen and oxygen atoms in total. The largest absolute Gasteiger partial charge is 0.496 e. The molecule has 1 aromatic rings. The molecule has 1 N–H and O–H groups in total. The van der Waals surface area contributed by atoms with E-state index >= 15 is 0 Å². The Morgan fingerprint density at radius 1 is 1.50 bits per heavy atom. The first-order valence-corrected chi connectivity index (χ1v) is 6.37. The van der Waals surface area contributed by atoms with Crippen molar-refractivity contribution in [2.45, 2.75) is 10.3 Å². The Labute approximate surface area is 119 Å². The number of fused-ring (bicyclic) bond motifs is 1. The molecule has 0 aromatic heterocycles. The highest BCUT2D eigenvalue weighted by Crippen LogP contribution is 2.29. The Bertz CT molecular complexity index is 603. The molecular formula is C14H11IO3. The van der Waals surface area contributed by atoms with Gasteiger partial charge in [-0.25, -0.2) is 4.79 Å². The van der Waals surface area contributed by atoms with Crippen LogP contribution in [0.2, 0.25) is 0 Å². The molecule has 4 heteroatoms. The SMILES string of the molecule is COc1cc2c(cc1C(=O)O)C#CC(C)(I)C=C2. The summed E-state index contributed by atoms with van der Waals surface area (Å²) in [5.41, 5.74) is 1.73. The van der Waals surface area contributed by atoms with Crippen LogP contribution >= 0.6 is 22.6 Å². The van der Waals surface area contributed by atoms with Crippen molar-refractivity contribution in [1.82, 2.24) is 0 Å². The van der Waals surface area contributed by atoms with Gasteiger partial charge in [0, 0.05) is 5.56 Å². The molecule has 0 fully saturated rings. The number of alkyl halides is 1. The first kappa shape index (κ1) is 13.0. The van der Waals surface area contributed by atoms with Crippen LogP contribution in [0.15, 0.2) is 18.2 Å². The van der Waals surface area contributed by atoms with Crippen molar-refractivity contribution in [3.63, 3.8) is 0 Å². The number of carbonyl (C=O) groups is 1. The average Bonchev–Trinajstić information content (AvgIpc) is 2.47. The third-order valence-corrected chi connectivity index (χ3v) is 3.25. The van der Waals surface area contributed by atoms with Gasteiger partial charge in [0.05, 0.1) is 10.5 Å². The van der Waals surface area contributed by atoms with E-state index in [1.165, 1.54) is 7.11 Å². The average molecular weight is 354 g/mol. The molecule has 1 unspecified atom stereocenters. The van der Waals surface area contributed by atoms with Crippen LogP contribution in [0.4, 0.5) is 0 Å². The lowest BCUT2D eigenvalue weighted by Gasteiger charge is -2.08. The lowest BCUT2D eigenvalue weighted by molar-refractivity contribution is 0.0693. The Kier molecular flexibility index (Phi) is 3.35. The molecular weight excluding hydrogens is 343 g/mol. The van der Waals surface area contributed by atoms with Crippen LogP contribution in [-0.4, -0.2) is 21.6 Å². The third kappa shape index (κ3) is 2.51. The van der Waals surface area contributed by atoms with Gasteiger partial charge in [0.1, 0.15) is 11.3 Å². The minimum absolute atomic E-state index is 0.135. The lowest BCUT2D eigenvalue weighted by atomic mass is 10.0. The highest BCUT2D eigenvalue weighted by atomic mass is 127. The fourth-order valence-electron chi connectivity index (χ4n) is 1.66. The van der Waals surface area contributed by atoms with Gasteiger partial charge in [-0.1, -0.05) is 46.6 Å². The van der Waals surface area contributed by atoms with Crippen LogP contribution in [0.5, 0.6) is 5.75 Å². The zero-order valence-corrected chi connectivity index (χ0v) is 12.1. The van der Waals surface area contributed by atoms with Gasteiger partial charge in [-0.2, -0.15) is 0 Å².